The Morgan fingerprint density at radius 2 is 1.31 bits per heavy atom. The average molecular weight is 450 g/mol. The van der Waals surface area contributed by atoms with E-state index in [0.29, 0.717) is 0 Å². The van der Waals surface area contributed by atoms with Crippen molar-refractivity contribution in [3.05, 3.63) is 116 Å². The molecule has 0 N–H and O–H groups in total. The van der Waals surface area contributed by atoms with Crippen LogP contribution in [-0.2, 0) is 0 Å². The number of hydrogen-bond donors (Lipinski definition) is 0. The molecule has 35 heavy (non-hydrogen) atoms. The number of furan rings is 1. The molecule has 4 heterocycles. The zero-order valence-corrected chi connectivity index (χ0v) is 18.7. The molecule has 4 heteroatoms. The van der Waals surface area contributed by atoms with Gasteiger partial charge in [-0.25, -0.2) is 0 Å². The Kier molecular flexibility index (Phi) is 3.63. The molecule has 4 aromatic heterocycles. The van der Waals surface area contributed by atoms with Crippen molar-refractivity contribution in [3.8, 4) is 11.4 Å². The Morgan fingerprint density at radius 3 is 2.23 bits per heavy atom. The van der Waals surface area contributed by atoms with Gasteiger partial charge in [0.25, 0.3) is 0 Å². The molecule has 164 valence electrons. The number of para-hydroxylation sites is 3. The van der Waals surface area contributed by atoms with Crippen molar-refractivity contribution in [1.29, 1.82) is 0 Å². The lowest BCUT2D eigenvalue weighted by Gasteiger charge is -2.09. The van der Waals surface area contributed by atoms with E-state index in [9.17, 15) is 0 Å². The van der Waals surface area contributed by atoms with Crippen LogP contribution in [0, 0.1) is 0 Å². The van der Waals surface area contributed by atoms with Gasteiger partial charge in [-0.05, 0) is 48.5 Å². The summed E-state index contributed by atoms with van der Waals surface area (Å²) in [6, 6.07) is 36.1. The van der Waals surface area contributed by atoms with Crippen LogP contribution in [0.5, 0.6) is 0 Å². The number of nitrogens with zero attached hydrogens (tertiary/aromatic N) is 3. The Bertz CT molecular complexity index is 2060. The van der Waals surface area contributed by atoms with Crippen molar-refractivity contribution in [1.82, 2.24) is 14.1 Å². The molecule has 0 spiro atoms. The number of hydrogen-bond acceptors (Lipinski definition) is 2. The summed E-state index contributed by atoms with van der Waals surface area (Å²) < 4.78 is 11.0. The van der Waals surface area contributed by atoms with Crippen molar-refractivity contribution in [2.45, 2.75) is 0 Å². The molecule has 0 fully saturated rings. The highest BCUT2D eigenvalue weighted by atomic mass is 16.3. The van der Waals surface area contributed by atoms with Gasteiger partial charge in [-0.2, -0.15) is 0 Å². The van der Waals surface area contributed by atoms with Crippen molar-refractivity contribution >= 4 is 54.8 Å². The largest absolute Gasteiger partial charge is 0.439 e. The molecule has 8 rings (SSSR count). The van der Waals surface area contributed by atoms with Crippen LogP contribution < -0.4 is 0 Å². The van der Waals surface area contributed by atoms with Gasteiger partial charge in [0.1, 0.15) is 5.58 Å². The second kappa shape index (κ2) is 6.84. The predicted octanol–water partition coefficient (Wildman–Crippen LogP) is 8.02. The first kappa shape index (κ1) is 18.6. The standard InChI is InChI=1S/C31H19N3O/c1-2-8-20(9-3-1)33-26-12-6-4-10-22(26)25-18-21(14-15-27(25)33)34-28-19-32-17-16-23(28)30-24-11-5-7-13-29(24)35-31(30)34/h1-19H. The lowest BCUT2D eigenvalue weighted by molar-refractivity contribution is 0.645. The van der Waals surface area contributed by atoms with Gasteiger partial charge >= 0.3 is 0 Å². The minimum absolute atomic E-state index is 0.848. The Labute approximate surface area is 200 Å². The molecule has 0 atom stereocenters. The summed E-state index contributed by atoms with van der Waals surface area (Å²) in [4.78, 5) is 4.44. The van der Waals surface area contributed by atoms with E-state index >= 15 is 0 Å². The third-order valence-electron chi connectivity index (χ3n) is 7.02. The molecule has 0 amide bonds. The van der Waals surface area contributed by atoms with Crippen LogP contribution in [0.4, 0.5) is 0 Å². The number of benzene rings is 4. The second-order valence-electron chi connectivity index (χ2n) is 8.90. The van der Waals surface area contributed by atoms with Crippen LogP contribution in [0.1, 0.15) is 0 Å². The highest BCUT2D eigenvalue weighted by Gasteiger charge is 2.20. The molecule has 0 saturated carbocycles. The smallest absolute Gasteiger partial charge is 0.213 e. The topological polar surface area (TPSA) is 35.9 Å². The molecule has 0 bridgehead atoms. The molecule has 0 aliphatic rings. The summed E-state index contributed by atoms with van der Waals surface area (Å²) >= 11 is 0. The van der Waals surface area contributed by atoms with E-state index in [1.54, 1.807) is 0 Å². The quantitative estimate of drug-likeness (QED) is 0.268. The number of fused-ring (bicyclic) bond motifs is 8. The third-order valence-corrected chi connectivity index (χ3v) is 7.02. The summed E-state index contributed by atoms with van der Waals surface area (Å²) in [6.07, 6.45) is 3.78. The molecule has 0 aliphatic heterocycles. The van der Waals surface area contributed by atoms with Crippen LogP contribution >= 0.6 is 0 Å². The lowest BCUT2D eigenvalue weighted by Crippen LogP contribution is -1.95. The summed E-state index contributed by atoms with van der Waals surface area (Å²) in [5, 5.41) is 5.83. The molecule has 4 aromatic carbocycles. The van der Waals surface area contributed by atoms with Gasteiger partial charge in [-0.1, -0.05) is 54.6 Å². The van der Waals surface area contributed by atoms with Gasteiger partial charge in [0.2, 0.25) is 5.71 Å². The maximum atomic E-state index is 6.43. The first-order chi connectivity index (χ1) is 17.4. The van der Waals surface area contributed by atoms with E-state index in [2.05, 4.69) is 105 Å². The fraction of sp³-hybridized carbons (Fsp3) is 0. The van der Waals surface area contributed by atoms with E-state index in [0.717, 1.165) is 44.3 Å². The van der Waals surface area contributed by atoms with Gasteiger partial charge in [0.05, 0.1) is 28.1 Å². The molecule has 8 aromatic rings. The molecule has 0 saturated heterocycles. The SMILES string of the molecule is c1ccc(-n2c3ccccc3c3cc(-n4c5cnccc5c5c6ccccc6oc54)ccc32)cc1. The van der Waals surface area contributed by atoms with Gasteiger partial charge in [0, 0.05) is 39.1 Å². The number of aromatic nitrogens is 3. The van der Waals surface area contributed by atoms with Gasteiger partial charge in [-0.15, -0.1) is 0 Å². The van der Waals surface area contributed by atoms with Crippen molar-refractivity contribution < 1.29 is 4.42 Å². The van der Waals surface area contributed by atoms with Gasteiger partial charge in [0.15, 0.2) is 0 Å². The highest BCUT2D eigenvalue weighted by molar-refractivity contribution is 6.20. The van der Waals surface area contributed by atoms with Crippen LogP contribution in [0.25, 0.3) is 66.2 Å². The number of rotatable bonds is 2. The molecular formula is C31H19N3O. The monoisotopic (exact) mass is 449 g/mol. The van der Waals surface area contributed by atoms with Gasteiger partial charge in [-0.3, -0.25) is 9.55 Å². The molecule has 0 radical (unpaired) electrons. The molecule has 0 unspecified atom stereocenters. The van der Waals surface area contributed by atoms with E-state index in [1.807, 2.05) is 24.5 Å². The first-order valence-electron chi connectivity index (χ1n) is 11.7. The normalized spacial score (nSPS) is 12.0. The van der Waals surface area contributed by atoms with Crippen LogP contribution in [0.2, 0.25) is 0 Å². The van der Waals surface area contributed by atoms with E-state index in [-0.39, 0.29) is 0 Å². The van der Waals surface area contributed by atoms with E-state index in [1.165, 1.54) is 21.8 Å². The molecular weight excluding hydrogens is 430 g/mol. The van der Waals surface area contributed by atoms with Crippen molar-refractivity contribution in [3.63, 3.8) is 0 Å². The zero-order chi connectivity index (χ0) is 22.9. The highest BCUT2D eigenvalue weighted by Crippen LogP contribution is 2.40. The summed E-state index contributed by atoms with van der Waals surface area (Å²) in [5.74, 6) is 0. The second-order valence-corrected chi connectivity index (χ2v) is 8.90. The fourth-order valence-electron chi connectivity index (χ4n) is 5.55. The van der Waals surface area contributed by atoms with E-state index < -0.39 is 0 Å². The fourth-order valence-corrected chi connectivity index (χ4v) is 5.55. The minimum atomic E-state index is 0.848. The molecule has 0 aliphatic carbocycles. The van der Waals surface area contributed by atoms with Crippen molar-refractivity contribution in [2.75, 3.05) is 0 Å². The number of pyridine rings is 1. The van der Waals surface area contributed by atoms with Gasteiger partial charge < -0.3 is 8.98 Å². The lowest BCUT2D eigenvalue weighted by atomic mass is 10.1. The third kappa shape index (κ3) is 2.48. The minimum Gasteiger partial charge on any atom is -0.439 e. The summed E-state index contributed by atoms with van der Waals surface area (Å²) in [5.41, 5.74) is 7.36. The molecule has 4 nitrogen and oxygen atoms in total. The summed E-state index contributed by atoms with van der Waals surface area (Å²) in [7, 11) is 0. The maximum absolute atomic E-state index is 6.43. The van der Waals surface area contributed by atoms with E-state index in [4.69, 9.17) is 4.42 Å². The van der Waals surface area contributed by atoms with Crippen LogP contribution in [0.3, 0.4) is 0 Å². The Hall–Kier alpha value is -4.83. The van der Waals surface area contributed by atoms with Crippen LogP contribution in [-0.4, -0.2) is 14.1 Å². The predicted molar refractivity (Wildman–Crippen MR) is 143 cm³/mol. The summed E-state index contributed by atoms with van der Waals surface area (Å²) in [6.45, 7) is 0. The van der Waals surface area contributed by atoms with Crippen molar-refractivity contribution in [2.24, 2.45) is 0 Å². The first-order valence-corrected chi connectivity index (χ1v) is 11.7. The zero-order valence-electron chi connectivity index (χ0n) is 18.7. The van der Waals surface area contributed by atoms with Crippen LogP contribution in [0.15, 0.2) is 120 Å². The average Bonchev–Trinajstić information content (AvgIpc) is 3.55. The Morgan fingerprint density at radius 1 is 0.543 bits per heavy atom. The Balaban J connectivity index is 1.49. The maximum Gasteiger partial charge on any atom is 0.213 e.